The van der Waals surface area contributed by atoms with E-state index < -0.39 is 0 Å². The highest BCUT2D eigenvalue weighted by Crippen LogP contribution is 2.34. The molecule has 4 rings (SSSR count). The third-order valence-corrected chi connectivity index (χ3v) is 4.41. The van der Waals surface area contributed by atoms with Crippen molar-refractivity contribution in [1.82, 2.24) is 9.88 Å². The molecule has 0 amide bonds. The molecular weight excluding hydrogens is 244 g/mol. The van der Waals surface area contributed by atoms with Crippen LogP contribution in [0.15, 0.2) is 60.8 Å². The maximum Gasteiger partial charge on any atom is 0.0702 e. The van der Waals surface area contributed by atoms with Crippen molar-refractivity contribution in [2.75, 3.05) is 13.1 Å². The van der Waals surface area contributed by atoms with Crippen molar-refractivity contribution in [2.45, 2.75) is 12.5 Å². The molecule has 0 aliphatic carbocycles. The van der Waals surface area contributed by atoms with Crippen molar-refractivity contribution < 1.29 is 0 Å². The lowest BCUT2D eigenvalue weighted by Gasteiger charge is -2.28. The molecule has 0 spiro atoms. The second kappa shape index (κ2) is 4.88. The van der Waals surface area contributed by atoms with E-state index in [0.29, 0.717) is 6.04 Å². The van der Waals surface area contributed by atoms with Crippen LogP contribution in [0.4, 0.5) is 0 Å². The van der Waals surface area contributed by atoms with E-state index in [9.17, 15) is 0 Å². The Labute approximate surface area is 119 Å². The van der Waals surface area contributed by atoms with Gasteiger partial charge in [-0.05, 0) is 30.5 Å². The zero-order chi connectivity index (χ0) is 13.4. The largest absolute Gasteiger partial charge is 0.292 e. The van der Waals surface area contributed by atoms with Gasteiger partial charge in [-0.15, -0.1) is 0 Å². The van der Waals surface area contributed by atoms with E-state index in [1.807, 2.05) is 12.3 Å². The Morgan fingerprint density at radius 3 is 2.70 bits per heavy atom. The maximum atomic E-state index is 4.65. The molecule has 20 heavy (non-hydrogen) atoms. The number of hydrogen-bond acceptors (Lipinski definition) is 2. The topological polar surface area (TPSA) is 16.1 Å². The van der Waals surface area contributed by atoms with Crippen LogP contribution >= 0.6 is 0 Å². The number of aromatic nitrogens is 1. The average Bonchev–Trinajstić information content (AvgIpc) is 2.90. The van der Waals surface area contributed by atoms with Gasteiger partial charge in [0.15, 0.2) is 0 Å². The minimum atomic E-state index is 0.422. The van der Waals surface area contributed by atoms with E-state index in [0.717, 1.165) is 11.6 Å². The quantitative estimate of drug-likeness (QED) is 0.767. The summed E-state index contributed by atoms with van der Waals surface area (Å²) >= 11 is 0. The number of benzene rings is 1. The summed E-state index contributed by atoms with van der Waals surface area (Å²) in [5.41, 5.74) is 3.54. The highest BCUT2D eigenvalue weighted by Gasteiger charge is 2.30. The first-order valence-corrected chi connectivity index (χ1v) is 7.34. The molecule has 2 aliphatic rings. The smallest absolute Gasteiger partial charge is 0.0702 e. The van der Waals surface area contributed by atoms with Crippen molar-refractivity contribution in [2.24, 2.45) is 5.92 Å². The minimum Gasteiger partial charge on any atom is -0.292 e. The lowest BCUT2D eigenvalue weighted by Crippen LogP contribution is -2.27. The standard InChI is InChI=1S/C18H18N2/c1-2-4-15(5-3-1)17-8-7-16(12-19-17)18-9-6-14-10-11-20(18)13-14/h1-9,12,14,18H,10-11,13H2. The maximum absolute atomic E-state index is 4.65. The zero-order valence-electron chi connectivity index (χ0n) is 11.4. The Morgan fingerprint density at radius 2 is 1.90 bits per heavy atom. The summed E-state index contributed by atoms with van der Waals surface area (Å²) in [6.07, 6.45) is 8.08. The Kier molecular flexibility index (Phi) is 2.89. The lowest BCUT2D eigenvalue weighted by molar-refractivity contribution is 0.272. The Hall–Kier alpha value is -1.93. The van der Waals surface area contributed by atoms with Crippen LogP contribution < -0.4 is 0 Å². The number of nitrogens with zero attached hydrogens (tertiary/aromatic N) is 2. The number of pyridine rings is 1. The van der Waals surface area contributed by atoms with Gasteiger partial charge in [-0.1, -0.05) is 48.6 Å². The van der Waals surface area contributed by atoms with Crippen LogP contribution in [0.3, 0.4) is 0 Å². The normalized spacial score (nSPS) is 27.7. The van der Waals surface area contributed by atoms with Gasteiger partial charge in [0.05, 0.1) is 11.7 Å². The molecule has 0 radical (unpaired) electrons. The summed E-state index contributed by atoms with van der Waals surface area (Å²) in [7, 11) is 0. The lowest BCUT2D eigenvalue weighted by atomic mass is 10.00. The van der Waals surface area contributed by atoms with E-state index in [2.05, 4.69) is 58.4 Å². The molecule has 0 N–H and O–H groups in total. The van der Waals surface area contributed by atoms with Gasteiger partial charge in [0, 0.05) is 18.3 Å². The van der Waals surface area contributed by atoms with Crippen molar-refractivity contribution in [3.63, 3.8) is 0 Å². The van der Waals surface area contributed by atoms with Gasteiger partial charge in [-0.3, -0.25) is 9.88 Å². The fraction of sp³-hybridized carbons (Fsp3) is 0.278. The van der Waals surface area contributed by atoms with Crippen molar-refractivity contribution >= 4 is 0 Å². The predicted molar refractivity (Wildman–Crippen MR) is 81.2 cm³/mol. The molecule has 2 bridgehead atoms. The fourth-order valence-electron chi connectivity index (χ4n) is 3.29. The van der Waals surface area contributed by atoms with Crippen LogP contribution in [0.5, 0.6) is 0 Å². The van der Waals surface area contributed by atoms with Crippen LogP contribution in [0.2, 0.25) is 0 Å². The van der Waals surface area contributed by atoms with E-state index in [1.54, 1.807) is 0 Å². The molecule has 2 nitrogen and oxygen atoms in total. The van der Waals surface area contributed by atoms with E-state index in [-0.39, 0.29) is 0 Å². The molecule has 3 unspecified atom stereocenters. The van der Waals surface area contributed by atoms with E-state index in [4.69, 9.17) is 0 Å². The van der Waals surface area contributed by atoms with E-state index in [1.165, 1.54) is 30.6 Å². The van der Waals surface area contributed by atoms with Crippen molar-refractivity contribution in [3.8, 4) is 11.3 Å². The average molecular weight is 262 g/mol. The van der Waals surface area contributed by atoms with Gasteiger partial charge < -0.3 is 0 Å². The minimum absolute atomic E-state index is 0.422. The van der Waals surface area contributed by atoms with Crippen LogP contribution in [-0.4, -0.2) is 23.0 Å². The number of fused-ring (bicyclic) bond motifs is 2. The molecule has 3 heterocycles. The third kappa shape index (κ3) is 2.06. The first-order valence-electron chi connectivity index (χ1n) is 7.34. The van der Waals surface area contributed by atoms with Gasteiger partial charge in [0.1, 0.15) is 0 Å². The molecule has 2 heteroatoms. The number of hydrogen-bond donors (Lipinski definition) is 0. The second-order valence-corrected chi connectivity index (χ2v) is 5.72. The summed E-state index contributed by atoms with van der Waals surface area (Å²) in [4.78, 5) is 7.21. The van der Waals surface area contributed by atoms with Crippen LogP contribution in [0, 0.1) is 5.92 Å². The van der Waals surface area contributed by atoms with Gasteiger partial charge in [0.25, 0.3) is 0 Å². The molecule has 100 valence electrons. The van der Waals surface area contributed by atoms with Crippen molar-refractivity contribution in [1.29, 1.82) is 0 Å². The predicted octanol–water partition coefficient (Wildman–Crippen LogP) is 3.68. The van der Waals surface area contributed by atoms with Gasteiger partial charge in [-0.25, -0.2) is 0 Å². The monoisotopic (exact) mass is 262 g/mol. The molecule has 2 aromatic rings. The summed E-state index contributed by atoms with van der Waals surface area (Å²) in [5, 5.41) is 0. The highest BCUT2D eigenvalue weighted by molar-refractivity contribution is 5.58. The fourth-order valence-corrected chi connectivity index (χ4v) is 3.29. The molecule has 1 aromatic heterocycles. The van der Waals surface area contributed by atoms with Crippen molar-refractivity contribution in [3.05, 3.63) is 66.4 Å². The Balaban J connectivity index is 1.62. The van der Waals surface area contributed by atoms with Crippen LogP contribution in [0.1, 0.15) is 18.0 Å². The molecule has 1 saturated heterocycles. The van der Waals surface area contributed by atoms with Gasteiger partial charge in [-0.2, -0.15) is 0 Å². The first kappa shape index (κ1) is 11.9. The third-order valence-electron chi connectivity index (χ3n) is 4.41. The first-order chi connectivity index (χ1) is 9.90. The zero-order valence-corrected chi connectivity index (χ0v) is 11.4. The molecule has 3 atom stereocenters. The number of rotatable bonds is 2. The molecule has 0 saturated carbocycles. The van der Waals surface area contributed by atoms with Gasteiger partial charge >= 0.3 is 0 Å². The highest BCUT2D eigenvalue weighted by atomic mass is 15.2. The van der Waals surface area contributed by atoms with E-state index >= 15 is 0 Å². The second-order valence-electron chi connectivity index (χ2n) is 5.72. The summed E-state index contributed by atoms with van der Waals surface area (Å²) < 4.78 is 0. The molecule has 2 aliphatic heterocycles. The summed E-state index contributed by atoms with van der Waals surface area (Å²) in [6, 6.07) is 15.1. The molecular formula is C18H18N2. The van der Waals surface area contributed by atoms with Crippen LogP contribution in [0.25, 0.3) is 11.3 Å². The summed E-state index contributed by atoms with van der Waals surface area (Å²) in [5.74, 6) is 0.780. The Bertz CT molecular complexity index is 616. The SMILES string of the molecule is C1=CC(c2ccc(-c3ccccc3)nc2)N2CCC1C2. The van der Waals surface area contributed by atoms with Crippen LogP contribution in [-0.2, 0) is 0 Å². The summed E-state index contributed by atoms with van der Waals surface area (Å²) in [6.45, 7) is 2.42. The molecule has 1 fully saturated rings. The molecule has 1 aromatic carbocycles. The Morgan fingerprint density at radius 1 is 1.00 bits per heavy atom. The van der Waals surface area contributed by atoms with Gasteiger partial charge in [0.2, 0.25) is 0 Å².